The molecule has 4 nitrogen and oxygen atoms in total. The third-order valence-corrected chi connectivity index (χ3v) is 3.10. The molecule has 0 aromatic heterocycles. The molecule has 2 N–H and O–H groups in total. The lowest BCUT2D eigenvalue weighted by Crippen LogP contribution is -2.31. The van der Waals surface area contributed by atoms with Crippen molar-refractivity contribution in [2.45, 2.75) is 13.1 Å². The van der Waals surface area contributed by atoms with Gasteiger partial charge in [-0.1, -0.05) is 29.3 Å². The van der Waals surface area contributed by atoms with Crippen molar-refractivity contribution in [1.29, 1.82) is 0 Å². The van der Waals surface area contributed by atoms with Crippen molar-refractivity contribution in [3.8, 4) is 0 Å². The lowest BCUT2D eigenvalue weighted by Gasteiger charge is -2.14. The summed E-state index contributed by atoms with van der Waals surface area (Å²) in [4.78, 5) is 23.2. The minimum atomic E-state index is -5.31. The van der Waals surface area contributed by atoms with Gasteiger partial charge in [0.15, 0.2) is 0 Å². The maximum absolute atomic E-state index is 12.7. The Labute approximate surface area is 133 Å². The molecule has 0 unspecified atom stereocenters. The van der Waals surface area contributed by atoms with Gasteiger partial charge in [-0.15, -0.1) is 0 Å². The van der Waals surface area contributed by atoms with E-state index in [1.807, 2.05) is 0 Å². The van der Waals surface area contributed by atoms with E-state index in [1.54, 1.807) is 0 Å². The summed E-state index contributed by atoms with van der Waals surface area (Å²) in [5, 5.41) is -0.219. The van der Waals surface area contributed by atoms with Crippen LogP contribution in [0.3, 0.4) is 0 Å². The van der Waals surface area contributed by atoms with E-state index < -0.39 is 29.2 Å². The average Bonchev–Trinajstić information content (AvgIpc) is 2.37. The van der Waals surface area contributed by atoms with Gasteiger partial charge in [-0.3, -0.25) is 4.79 Å². The van der Waals surface area contributed by atoms with E-state index in [0.717, 1.165) is 0 Å². The lowest BCUT2D eigenvalue weighted by atomic mass is 10.0. The minimum Gasteiger partial charge on any atom is -0.462 e. The second-order valence-corrected chi connectivity index (χ2v) is 4.75. The Hall–Kier alpha value is -1.73. The lowest BCUT2D eigenvalue weighted by molar-refractivity contribution is -0.168. The fourth-order valence-electron chi connectivity index (χ4n) is 1.55. The summed E-state index contributed by atoms with van der Waals surface area (Å²) < 4.78 is 42.5. The molecule has 9 heteroatoms. The molecule has 120 valence electrons. The van der Waals surface area contributed by atoms with Crippen LogP contribution in [-0.2, 0) is 14.3 Å². The number of benzene rings is 1. The van der Waals surface area contributed by atoms with Crippen LogP contribution in [0.5, 0.6) is 0 Å². The molecule has 0 aliphatic carbocycles. The normalized spacial score (nSPS) is 12.6. The molecule has 1 rings (SSSR count). The van der Waals surface area contributed by atoms with Crippen LogP contribution >= 0.6 is 23.2 Å². The van der Waals surface area contributed by atoms with Gasteiger partial charge in [0.1, 0.15) is 5.57 Å². The molecule has 0 heterocycles. The average molecular weight is 356 g/mol. The Morgan fingerprint density at radius 1 is 1.23 bits per heavy atom. The van der Waals surface area contributed by atoms with Crippen LogP contribution in [0, 0.1) is 0 Å². The van der Waals surface area contributed by atoms with Crippen molar-refractivity contribution in [2.75, 3.05) is 6.61 Å². The van der Waals surface area contributed by atoms with Gasteiger partial charge in [0.05, 0.1) is 22.3 Å². The molecule has 1 aromatic rings. The summed E-state index contributed by atoms with van der Waals surface area (Å²) in [5.74, 6) is -3.93. The summed E-state index contributed by atoms with van der Waals surface area (Å²) in [7, 11) is 0. The second kappa shape index (κ2) is 7.02. The first-order chi connectivity index (χ1) is 10.1. The van der Waals surface area contributed by atoms with Crippen LogP contribution in [-0.4, -0.2) is 24.5 Å². The molecule has 0 aliphatic rings. The standard InChI is InChI=1S/C13H10Cl2F3NO3/c1-2-22-12(21)9(11(20)13(16,17)18)10(19)8-6(14)4-3-5-7(8)15/h3-5H,2,19H2,1H3/b10-9+. The monoisotopic (exact) mass is 355 g/mol. The Morgan fingerprint density at radius 2 is 1.73 bits per heavy atom. The minimum absolute atomic E-state index is 0.109. The quantitative estimate of drug-likeness (QED) is 0.389. The van der Waals surface area contributed by atoms with Gasteiger partial charge in [0.25, 0.3) is 5.78 Å². The first-order valence-corrected chi connectivity index (χ1v) is 6.59. The van der Waals surface area contributed by atoms with Crippen LogP contribution in [0.4, 0.5) is 13.2 Å². The van der Waals surface area contributed by atoms with E-state index in [2.05, 4.69) is 4.74 Å². The Morgan fingerprint density at radius 3 is 2.14 bits per heavy atom. The Balaban J connectivity index is 3.60. The highest BCUT2D eigenvalue weighted by atomic mass is 35.5. The second-order valence-electron chi connectivity index (χ2n) is 3.93. The van der Waals surface area contributed by atoms with Gasteiger partial charge in [-0.2, -0.15) is 13.2 Å². The smallest absolute Gasteiger partial charge is 0.455 e. The molecule has 1 aromatic carbocycles. The largest absolute Gasteiger partial charge is 0.462 e. The number of carbonyl (C=O) groups is 2. The number of ketones is 1. The zero-order chi connectivity index (χ0) is 17.1. The molecule has 0 atom stereocenters. The molecular formula is C13H10Cl2F3NO3. The summed E-state index contributed by atoms with van der Waals surface area (Å²) in [5.41, 5.74) is 3.16. The van der Waals surface area contributed by atoms with Gasteiger partial charge in [0.2, 0.25) is 0 Å². The molecule has 0 saturated carbocycles. The van der Waals surface area contributed by atoms with E-state index >= 15 is 0 Å². The number of hydrogen-bond acceptors (Lipinski definition) is 4. The Bertz CT molecular complexity index is 622. The highest BCUT2D eigenvalue weighted by Crippen LogP contribution is 2.32. The number of halogens is 5. The van der Waals surface area contributed by atoms with E-state index in [0.29, 0.717) is 0 Å². The van der Waals surface area contributed by atoms with Gasteiger partial charge < -0.3 is 10.5 Å². The molecular weight excluding hydrogens is 346 g/mol. The molecule has 0 amide bonds. The summed E-state index contributed by atoms with van der Waals surface area (Å²) in [6.07, 6.45) is -5.31. The SMILES string of the molecule is CCOC(=O)/C(C(=O)C(F)(F)F)=C(/N)c1c(Cl)cccc1Cl. The van der Waals surface area contributed by atoms with Crippen molar-refractivity contribution in [3.63, 3.8) is 0 Å². The maximum Gasteiger partial charge on any atom is 0.455 e. The maximum atomic E-state index is 12.7. The first-order valence-electron chi connectivity index (χ1n) is 5.84. The van der Waals surface area contributed by atoms with Crippen LogP contribution < -0.4 is 5.73 Å². The molecule has 0 radical (unpaired) electrons. The van der Waals surface area contributed by atoms with Gasteiger partial charge in [-0.25, -0.2) is 4.79 Å². The number of esters is 1. The third kappa shape index (κ3) is 3.92. The van der Waals surface area contributed by atoms with E-state index in [1.165, 1.54) is 25.1 Å². The van der Waals surface area contributed by atoms with Crippen molar-refractivity contribution in [3.05, 3.63) is 39.4 Å². The third-order valence-electron chi connectivity index (χ3n) is 2.47. The van der Waals surface area contributed by atoms with Crippen molar-refractivity contribution < 1.29 is 27.5 Å². The van der Waals surface area contributed by atoms with Crippen LogP contribution in [0.1, 0.15) is 12.5 Å². The number of ether oxygens (including phenoxy) is 1. The topological polar surface area (TPSA) is 69.4 Å². The number of rotatable bonds is 4. The highest BCUT2D eigenvalue weighted by Gasteiger charge is 2.45. The Kier molecular flexibility index (Phi) is 5.85. The zero-order valence-corrected chi connectivity index (χ0v) is 12.6. The number of hydrogen-bond donors (Lipinski definition) is 1. The number of nitrogens with two attached hydrogens (primary N) is 1. The van der Waals surface area contributed by atoms with E-state index in [-0.39, 0.29) is 22.2 Å². The van der Waals surface area contributed by atoms with E-state index in [4.69, 9.17) is 28.9 Å². The number of carbonyl (C=O) groups excluding carboxylic acids is 2. The zero-order valence-electron chi connectivity index (χ0n) is 11.1. The number of alkyl halides is 3. The molecule has 0 spiro atoms. The predicted molar refractivity (Wildman–Crippen MR) is 75.3 cm³/mol. The van der Waals surface area contributed by atoms with Gasteiger partial charge in [-0.05, 0) is 19.1 Å². The van der Waals surface area contributed by atoms with Crippen molar-refractivity contribution in [1.82, 2.24) is 0 Å². The van der Waals surface area contributed by atoms with Gasteiger partial charge >= 0.3 is 12.1 Å². The molecule has 0 fully saturated rings. The summed E-state index contributed by atoms with van der Waals surface area (Å²) >= 11 is 11.7. The van der Waals surface area contributed by atoms with Crippen LogP contribution in [0.15, 0.2) is 23.8 Å². The first kappa shape index (κ1) is 18.3. The summed E-state index contributed by atoms with van der Waals surface area (Å²) in [6, 6.07) is 4.03. The number of Topliss-reactive ketones (excluding diaryl/α,β-unsaturated/α-hetero) is 1. The van der Waals surface area contributed by atoms with Crippen LogP contribution in [0.25, 0.3) is 5.70 Å². The fraction of sp³-hybridized carbons (Fsp3) is 0.231. The van der Waals surface area contributed by atoms with Crippen LogP contribution in [0.2, 0.25) is 10.0 Å². The van der Waals surface area contributed by atoms with Gasteiger partial charge in [0, 0.05) is 5.56 Å². The van der Waals surface area contributed by atoms with E-state index in [9.17, 15) is 22.8 Å². The molecule has 0 saturated heterocycles. The molecule has 0 bridgehead atoms. The molecule has 0 aliphatic heterocycles. The predicted octanol–water partition coefficient (Wildman–Crippen LogP) is 3.36. The summed E-state index contributed by atoms with van der Waals surface area (Å²) in [6.45, 7) is 1.13. The van der Waals surface area contributed by atoms with Crippen molar-refractivity contribution >= 4 is 40.7 Å². The van der Waals surface area contributed by atoms with Crippen molar-refractivity contribution in [2.24, 2.45) is 5.73 Å². The fourth-order valence-corrected chi connectivity index (χ4v) is 2.15. The molecule has 22 heavy (non-hydrogen) atoms. The highest BCUT2D eigenvalue weighted by molar-refractivity contribution is 6.38.